The van der Waals surface area contributed by atoms with E-state index in [0.717, 1.165) is 5.56 Å². The van der Waals surface area contributed by atoms with E-state index in [-0.39, 0.29) is 18.2 Å². The van der Waals surface area contributed by atoms with Crippen molar-refractivity contribution in [3.05, 3.63) is 113 Å². The summed E-state index contributed by atoms with van der Waals surface area (Å²) in [6.45, 7) is 9.30. The lowest BCUT2D eigenvalue weighted by molar-refractivity contribution is 0.0526. The van der Waals surface area contributed by atoms with Crippen molar-refractivity contribution >= 4 is 34.8 Å². The lowest BCUT2D eigenvalue weighted by Crippen LogP contribution is -2.28. The zero-order valence-corrected chi connectivity index (χ0v) is 23.9. The molecule has 0 spiro atoms. The summed E-state index contributed by atoms with van der Waals surface area (Å²) in [7, 11) is 1.66. The molecule has 2 aromatic heterocycles. The van der Waals surface area contributed by atoms with Crippen molar-refractivity contribution in [2.45, 2.75) is 20.8 Å². The summed E-state index contributed by atoms with van der Waals surface area (Å²) >= 11 is 0. The van der Waals surface area contributed by atoms with Gasteiger partial charge in [0.2, 0.25) is 0 Å². The van der Waals surface area contributed by atoms with Gasteiger partial charge in [-0.1, -0.05) is 61.2 Å². The Morgan fingerprint density at radius 2 is 1.88 bits per heavy atom. The van der Waals surface area contributed by atoms with Crippen LogP contribution in [0, 0.1) is 6.92 Å². The number of aldehydes is 1. The number of anilines is 1. The fraction of sp³-hybridized carbons (Fsp3) is 0.156. The fourth-order valence-corrected chi connectivity index (χ4v) is 4.25. The van der Waals surface area contributed by atoms with Crippen LogP contribution in [0.3, 0.4) is 0 Å². The summed E-state index contributed by atoms with van der Waals surface area (Å²) < 4.78 is 6.77. The second kappa shape index (κ2) is 14.9. The van der Waals surface area contributed by atoms with Gasteiger partial charge in [-0.3, -0.25) is 4.79 Å². The van der Waals surface area contributed by atoms with Crippen LogP contribution in [0.25, 0.3) is 27.9 Å². The number of nitrogens with one attached hydrogen (secondary N) is 2. The highest BCUT2D eigenvalue weighted by molar-refractivity contribution is 6.11. The van der Waals surface area contributed by atoms with Gasteiger partial charge in [0.1, 0.15) is 12.0 Å². The van der Waals surface area contributed by atoms with Gasteiger partial charge in [0.25, 0.3) is 0 Å². The zero-order chi connectivity index (χ0) is 30.6. The average molecular weight is 568 g/mol. The number of nitrogens with zero attached hydrogens (tertiary/aromatic N) is 3. The number of rotatable bonds is 9. The molecule has 0 aliphatic carbocycles. The smallest absolute Gasteiger partial charge is 0.355 e. The van der Waals surface area contributed by atoms with E-state index >= 15 is 0 Å². The number of pyridine rings is 1. The molecule has 10 nitrogen and oxygen atoms in total. The van der Waals surface area contributed by atoms with E-state index in [9.17, 15) is 14.4 Å². The molecule has 0 aliphatic rings. The Labute approximate surface area is 243 Å². The molecule has 10 heteroatoms. The number of ether oxygens (including phenoxy) is 1. The average Bonchev–Trinajstić information content (AvgIpc) is 2.97. The molecule has 216 valence electrons. The molecule has 0 saturated carbocycles. The minimum atomic E-state index is -0.527. The number of aryl methyl sites for hydroxylation is 1. The van der Waals surface area contributed by atoms with Gasteiger partial charge in [-0.2, -0.15) is 4.98 Å². The van der Waals surface area contributed by atoms with Crippen molar-refractivity contribution in [2.24, 2.45) is 0 Å². The summed E-state index contributed by atoms with van der Waals surface area (Å²) in [6.07, 6.45) is 7.57. The van der Waals surface area contributed by atoms with Gasteiger partial charge in [-0.15, -0.1) is 0 Å². The van der Waals surface area contributed by atoms with E-state index in [1.165, 1.54) is 16.7 Å². The predicted molar refractivity (Wildman–Crippen MR) is 165 cm³/mol. The maximum absolute atomic E-state index is 13.1. The number of phenolic OH excluding ortho intramolecular Hbond substituents is 1. The van der Waals surface area contributed by atoms with Gasteiger partial charge in [0.05, 0.1) is 28.9 Å². The number of fused-ring (bicyclic) bond motifs is 1. The number of aromatic nitrogens is 3. The van der Waals surface area contributed by atoms with Crippen LogP contribution in [0.1, 0.15) is 40.3 Å². The number of hydrogen-bond donors (Lipinski definition) is 3. The number of carbonyl (C=O) groups excluding carboxylic acids is 2. The summed E-state index contributed by atoms with van der Waals surface area (Å²) in [5.74, 6) is -0.115. The SMILES string of the molecule is C=C/C=C(\C=C/C)n1c(=O)nc(NNC)c2c(-c3ccccc3)c(C(=O)OCC)c(C)nc21.O=Cc1cccc(O)c1. The molecular formula is C32H33N5O5. The Morgan fingerprint density at radius 3 is 2.45 bits per heavy atom. The summed E-state index contributed by atoms with van der Waals surface area (Å²) in [6, 6.07) is 15.6. The topological polar surface area (TPSA) is 135 Å². The Balaban J connectivity index is 0.000000458. The van der Waals surface area contributed by atoms with Crippen molar-refractivity contribution in [2.75, 3.05) is 19.1 Å². The van der Waals surface area contributed by atoms with Crippen LogP contribution < -0.4 is 16.5 Å². The molecule has 0 aliphatic heterocycles. The van der Waals surface area contributed by atoms with E-state index in [1.54, 1.807) is 51.3 Å². The van der Waals surface area contributed by atoms with Crippen LogP contribution in [0.15, 0.2) is 90.3 Å². The third-order valence-electron chi connectivity index (χ3n) is 5.88. The van der Waals surface area contributed by atoms with Gasteiger partial charge in [0, 0.05) is 18.2 Å². The van der Waals surface area contributed by atoms with Crippen LogP contribution in [0.4, 0.5) is 5.82 Å². The van der Waals surface area contributed by atoms with Gasteiger partial charge < -0.3 is 15.3 Å². The first kappa shape index (κ1) is 31.2. The first-order valence-corrected chi connectivity index (χ1v) is 13.1. The molecule has 0 unspecified atom stereocenters. The Morgan fingerprint density at radius 1 is 1.14 bits per heavy atom. The maximum Gasteiger partial charge on any atom is 0.355 e. The number of esters is 1. The number of hydrazine groups is 1. The number of carbonyl (C=O) groups is 2. The van der Waals surface area contributed by atoms with Crippen molar-refractivity contribution in [1.29, 1.82) is 0 Å². The fourth-order valence-electron chi connectivity index (χ4n) is 4.25. The molecule has 2 heterocycles. The Kier molecular flexibility index (Phi) is 11.0. The van der Waals surface area contributed by atoms with Gasteiger partial charge in [-0.25, -0.2) is 24.6 Å². The third-order valence-corrected chi connectivity index (χ3v) is 5.88. The van der Waals surface area contributed by atoms with E-state index in [1.807, 2.05) is 43.3 Å². The lowest BCUT2D eigenvalue weighted by atomic mass is 9.95. The normalized spacial score (nSPS) is 11.1. The van der Waals surface area contributed by atoms with E-state index in [2.05, 4.69) is 22.4 Å². The van der Waals surface area contributed by atoms with Crippen LogP contribution in [-0.4, -0.2) is 45.6 Å². The molecule has 0 amide bonds. The van der Waals surface area contributed by atoms with E-state index < -0.39 is 11.7 Å². The molecule has 0 bridgehead atoms. The van der Waals surface area contributed by atoms with Crippen molar-refractivity contribution in [3.8, 4) is 16.9 Å². The molecule has 3 N–H and O–H groups in total. The number of hydrogen-bond acceptors (Lipinski definition) is 9. The van der Waals surface area contributed by atoms with Crippen molar-refractivity contribution in [3.63, 3.8) is 0 Å². The molecule has 4 rings (SSSR count). The molecule has 0 radical (unpaired) electrons. The van der Waals surface area contributed by atoms with E-state index in [4.69, 9.17) is 14.8 Å². The second-order valence-electron chi connectivity index (χ2n) is 8.73. The van der Waals surface area contributed by atoms with E-state index in [0.29, 0.717) is 45.4 Å². The summed E-state index contributed by atoms with van der Waals surface area (Å²) in [4.78, 5) is 45.2. The van der Waals surface area contributed by atoms with Crippen LogP contribution in [0.2, 0.25) is 0 Å². The van der Waals surface area contributed by atoms with Crippen molar-refractivity contribution in [1.82, 2.24) is 20.0 Å². The molecule has 0 fully saturated rings. The monoisotopic (exact) mass is 567 g/mol. The molecule has 0 saturated heterocycles. The minimum absolute atomic E-state index is 0.125. The maximum atomic E-state index is 13.1. The van der Waals surface area contributed by atoms with Crippen molar-refractivity contribution < 1.29 is 19.4 Å². The highest BCUT2D eigenvalue weighted by Crippen LogP contribution is 2.36. The van der Waals surface area contributed by atoms with Crippen LogP contribution >= 0.6 is 0 Å². The number of aromatic hydroxyl groups is 1. The molecule has 42 heavy (non-hydrogen) atoms. The molecule has 0 atom stereocenters. The highest BCUT2D eigenvalue weighted by Gasteiger charge is 2.26. The summed E-state index contributed by atoms with van der Waals surface area (Å²) in [5.41, 5.74) is 8.71. The van der Waals surface area contributed by atoms with Gasteiger partial charge >= 0.3 is 11.7 Å². The number of allylic oxidation sites excluding steroid dienone is 5. The van der Waals surface area contributed by atoms with Crippen LogP contribution in [-0.2, 0) is 4.74 Å². The first-order valence-electron chi connectivity index (χ1n) is 13.1. The molecule has 4 aromatic rings. The number of phenols is 1. The summed E-state index contributed by atoms with van der Waals surface area (Å²) in [5, 5.41) is 9.29. The second-order valence-corrected chi connectivity index (χ2v) is 8.73. The largest absolute Gasteiger partial charge is 0.508 e. The van der Waals surface area contributed by atoms with Gasteiger partial charge in [-0.05, 0) is 50.6 Å². The minimum Gasteiger partial charge on any atom is -0.508 e. The lowest BCUT2D eigenvalue weighted by Gasteiger charge is -2.20. The molecule has 2 aromatic carbocycles. The first-order chi connectivity index (χ1) is 20.3. The number of benzene rings is 2. The third kappa shape index (κ3) is 7.04. The zero-order valence-electron chi connectivity index (χ0n) is 23.9. The Hall–Kier alpha value is -5.35. The Bertz CT molecular complexity index is 1710. The van der Waals surface area contributed by atoms with Gasteiger partial charge in [0.15, 0.2) is 11.5 Å². The predicted octanol–water partition coefficient (Wildman–Crippen LogP) is 5.30. The van der Waals surface area contributed by atoms with Crippen LogP contribution in [0.5, 0.6) is 5.75 Å². The quantitative estimate of drug-likeness (QED) is 0.107. The standard InChI is InChI=1S/C25H27N5O3.C7H6O2/c1-6-12-18(13-7-2)30-23-21(22(29-26-5)28-25(30)32)20(17-14-10-9-11-15-17)19(16(4)27-23)24(31)33-8-3;8-5-6-2-1-3-7(9)4-6/h6-7,9-15,26H,1,8H2,2-5H3,(H,28,29,32);1-5,9H/b13-7-,18-12+;. The molecular weight excluding hydrogens is 534 g/mol. The highest BCUT2D eigenvalue weighted by atomic mass is 16.5.